The summed E-state index contributed by atoms with van der Waals surface area (Å²) < 4.78 is 12.1. The average Bonchev–Trinajstić information content (AvgIpc) is 3.29. The SMILES string of the molecule is Cc1c([N+](=O)[O-])cnn1CC(=O)N1CCN(Cc2ccc3c(c2)OCO3)CC1. The molecule has 2 aliphatic rings. The van der Waals surface area contributed by atoms with E-state index in [-0.39, 0.29) is 24.9 Å². The molecule has 2 aliphatic heterocycles. The molecule has 0 aliphatic carbocycles. The molecule has 0 spiro atoms. The van der Waals surface area contributed by atoms with Crippen molar-refractivity contribution in [2.75, 3.05) is 33.0 Å². The normalized spacial score (nSPS) is 16.4. The minimum Gasteiger partial charge on any atom is -0.454 e. The van der Waals surface area contributed by atoms with Crippen LogP contribution in [0.2, 0.25) is 0 Å². The molecular formula is C18H21N5O5. The molecule has 0 unspecified atom stereocenters. The molecule has 0 bridgehead atoms. The van der Waals surface area contributed by atoms with Crippen molar-refractivity contribution < 1.29 is 19.2 Å². The first-order chi connectivity index (χ1) is 13.5. The summed E-state index contributed by atoms with van der Waals surface area (Å²) in [6.07, 6.45) is 1.19. The molecule has 1 aromatic carbocycles. The fourth-order valence-electron chi connectivity index (χ4n) is 3.46. The van der Waals surface area contributed by atoms with Gasteiger partial charge in [0.05, 0.1) is 4.92 Å². The highest BCUT2D eigenvalue weighted by atomic mass is 16.7. The number of aromatic nitrogens is 2. The van der Waals surface area contributed by atoms with Gasteiger partial charge in [-0.1, -0.05) is 6.07 Å². The van der Waals surface area contributed by atoms with Crippen molar-refractivity contribution in [3.8, 4) is 11.5 Å². The number of benzene rings is 1. The van der Waals surface area contributed by atoms with Gasteiger partial charge in [-0.2, -0.15) is 5.10 Å². The van der Waals surface area contributed by atoms with E-state index in [1.54, 1.807) is 11.8 Å². The van der Waals surface area contributed by atoms with E-state index in [0.717, 1.165) is 36.7 Å². The lowest BCUT2D eigenvalue weighted by Gasteiger charge is -2.34. The van der Waals surface area contributed by atoms with Crippen LogP contribution < -0.4 is 9.47 Å². The maximum Gasteiger partial charge on any atom is 0.309 e. The zero-order valence-electron chi connectivity index (χ0n) is 15.5. The van der Waals surface area contributed by atoms with Gasteiger partial charge in [0.15, 0.2) is 11.5 Å². The Morgan fingerprint density at radius 3 is 2.68 bits per heavy atom. The molecule has 148 valence electrons. The third kappa shape index (κ3) is 3.63. The third-order valence-electron chi connectivity index (χ3n) is 5.13. The summed E-state index contributed by atoms with van der Waals surface area (Å²) in [6.45, 7) is 5.42. The maximum absolute atomic E-state index is 12.5. The smallest absolute Gasteiger partial charge is 0.309 e. The summed E-state index contributed by atoms with van der Waals surface area (Å²) in [6, 6.07) is 5.94. The van der Waals surface area contributed by atoms with E-state index in [1.165, 1.54) is 10.9 Å². The first-order valence-electron chi connectivity index (χ1n) is 9.07. The lowest BCUT2D eigenvalue weighted by molar-refractivity contribution is -0.385. The predicted molar refractivity (Wildman–Crippen MR) is 98.0 cm³/mol. The highest BCUT2D eigenvalue weighted by Crippen LogP contribution is 2.32. The van der Waals surface area contributed by atoms with Crippen LogP contribution in [0, 0.1) is 17.0 Å². The Morgan fingerprint density at radius 2 is 1.96 bits per heavy atom. The number of nitrogens with zero attached hydrogens (tertiary/aromatic N) is 5. The Balaban J connectivity index is 1.30. The van der Waals surface area contributed by atoms with Gasteiger partial charge >= 0.3 is 5.69 Å². The van der Waals surface area contributed by atoms with E-state index in [2.05, 4.69) is 10.00 Å². The number of amides is 1. The molecular weight excluding hydrogens is 366 g/mol. The fraction of sp³-hybridized carbons (Fsp3) is 0.444. The highest BCUT2D eigenvalue weighted by molar-refractivity contribution is 5.76. The van der Waals surface area contributed by atoms with E-state index in [1.807, 2.05) is 18.2 Å². The van der Waals surface area contributed by atoms with Crippen molar-refractivity contribution in [1.82, 2.24) is 19.6 Å². The van der Waals surface area contributed by atoms with Crippen molar-refractivity contribution in [3.63, 3.8) is 0 Å². The molecule has 10 nitrogen and oxygen atoms in total. The molecule has 3 heterocycles. The number of ether oxygens (including phenoxy) is 2. The van der Waals surface area contributed by atoms with Crippen LogP contribution in [0.25, 0.3) is 0 Å². The summed E-state index contributed by atoms with van der Waals surface area (Å²) >= 11 is 0. The van der Waals surface area contributed by atoms with Crippen LogP contribution in [0.4, 0.5) is 5.69 Å². The van der Waals surface area contributed by atoms with Crippen LogP contribution in [-0.2, 0) is 17.9 Å². The van der Waals surface area contributed by atoms with Gasteiger partial charge in [0, 0.05) is 32.7 Å². The average molecular weight is 387 g/mol. The van der Waals surface area contributed by atoms with Crippen LogP contribution in [0.1, 0.15) is 11.3 Å². The van der Waals surface area contributed by atoms with E-state index in [9.17, 15) is 14.9 Å². The second-order valence-corrected chi connectivity index (χ2v) is 6.87. The molecule has 0 saturated carbocycles. The summed E-state index contributed by atoms with van der Waals surface area (Å²) in [5.74, 6) is 1.46. The Kier molecular flexibility index (Phi) is 4.86. The van der Waals surface area contributed by atoms with Gasteiger partial charge in [0.25, 0.3) is 0 Å². The lowest BCUT2D eigenvalue weighted by Crippen LogP contribution is -2.49. The Bertz CT molecular complexity index is 904. The summed E-state index contributed by atoms with van der Waals surface area (Å²) in [5.41, 5.74) is 1.46. The van der Waals surface area contributed by atoms with Crippen molar-refractivity contribution in [2.45, 2.75) is 20.0 Å². The van der Waals surface area contributed by atoms with E-state index in [0.29, 0.717) is 18.8 Å². The van der Waals surface area contributed by atoms with Gasteiger partial charge in [0.2, 0.25) is 12.7 Å². The van der Waals surface area contributed by atoms with Crippen LogP contribution in [0.5, 0.6) is 11.5 Å². The van der Waals surface area contributed by atoms with E-state index < -0.39 is 4.92 Å². The molecule has 28 heavy (non-hydrogen) atoms. The first kappa shape index (κ1) is 18.2. The van der Waals surface area contributed by atoms with E-state index >= 15 is 0 Å². The molecule has 4 rings (SSSR count). The number of fused-ring (bicyclic) bond motifs is 1. The Labute approximate surface area is 161 Å². The molecule has 0 atom stereocenters. The number of piperazine rings is 1. The quantitative estimate of drug-likeness (QED) is 0.560. The zero-order valence-corrected chi connectivity index (χ0v) is 15.5. The first-order valence-corrected chi connectivity index (χ1v) is 9.07. The van der Waals surface area contributed by atoms with Crippen LogP contribution >= 0.6 is 0 Å². The van der Waals surface area contributed by atoms with Crippen molar-refractivity contribution in [3.05, 3.63) is 45.8 Å². The number of nitro groups is 1. The third-order valence-corrected chi connectivity index (χ3v) is 5.13. The van der Waals surface area contributed by atoms with Gasteiger partial charge in [-0.05, 0) is 24.6 Å². The molecule has 1 aromatic heterocycles. The lowest BCUT2D eigenvalue weighted by atomic mass is 10.1. The van der Waals surface area contributed by atoms with Gasteiger partial charge in [0.1, 0.15) is 18.4 Å². The van der Waals surface area contributed by atoms with Crippen LogP contribution in [-0.4, -0.2) is 63.4 Å². The summed E-state index contributed by atoms with van der Waals surface area (Å²) in [4.78, 5) is 27.0. The largest absolute Gasteiger partial charge is 0.454 e. The van der Waals surface area contributed by atoms with Crippen molar-refractivity contribution in [2.24, 2.45) is 0 Å². The molecule has 10 heteroatoms. The topological polar surface area (TPSA) is 103 Å². The zero-order chi connectivity index (χ0) is 19.7. The van der Waals surface area contributed by atoms with Gasteiger partial charge in [-0.3, -0.25) is 24.5 Å². The summed E-state index contributed by atoms with van der Waals surface area (Å²) in [7, 11) is 0. The second-order valence-electron chi connectivity index (χ2n) is 6.87. The predicted octanol–water partition coefficient (Wildman–Crippen LogP) is 1.17. The standard InChI is InChI=1S/C18H21N5O5/c1-13-15(23(25)26)9-19-22(13)11-18(24)21-6-4-20(5-7-21)10-14-2-3-16-17(8-14)28-12-27-16/h2-3,8-9H,4-7,10-12H2,1H3. The number of hydrogen-bond acceptors (Lipinski definition) is 7. The van der Waals surface area contributed by atoms with Crippen LogP contribution in [0.15, 0.2) is 24.4 Å². The molecule has 0 N–H and O–H groups in total. The molecule has 2 aromatic rings. The van der Waals surface area contributed by atoms with Gasteiger partial charge in [-0.15, -0.1) is 0 Å². The minimum atomic E-state index is -0.488. The minimum absolute atomic E-state index is 0.0157. The fourth-order valence-corrected chi connectivity index (χ4v) is 3.46. The highest BCUT2D eigenvalue weighted by Gasteiger charge is 2.24. The van der Waals surface area contributed by atoms with Gasteiger partial charge in [-0.25, -0.2) is 0 Å². The van der Waals surface area contributed by atoms with Gasteiger partial charge < -0.3 is 14.4 Å². The maximum atomic E-state index is 12.5. The Hall–Kier alpha value is -3.14. The summed E-state index contributed by atoms with van der Waals surface area (Å²) in [5, 5.41) is 14.9. The van der Waals surface area contributed by atoms with Crippen molar-refractivity contribution in [1.29, 1.82) is 0 Å². The van der Waals surface area contributed by atoms with Crippen molar-refractivity contribution >= 4 is 11.6 Å². The second kappa shape index (κ2) is 7.47. The number of hydrogen-bond donors (Lipinski definition) is 0. The molecule has 0 radical (unpaired) electrons. The molecule has 1 amide bonds. The monoisotopic (exact) mass is 387 g/mol. The number of rotatable bonds is 5. The van der Waals surface area contributed by atoms with E-state index in [4.69, 9.17) is 9.47 Å². The molecule has 1 fully saturated rings. The number of carbonyl (C=O) groups excluding carboxylic acids is 1. The van der Waals surface area contributed by atoms with Crippen LogP contribution in [0.3, 0.4) is 0 Å². The Morgan fingerprint density at radius 1 is 1.21 bits per heavy atom. The molecule has 1 saturated heterocycles. The number of carbonyl (C=O) groups is 1.